The smallest absolute Gasteiger partial charge is 0.159 e. The predicted molar refractivity (Wildman–Crippen MR) is 241 cm³/mol. The fourth-order valence-corrected chi connectivity index (χ4v) is 9.92. The van der Waals surface area contributed by atoms with Crippen molar-refractivity contribution in [3.05, 3.63) is 194 Å². The molecule has 0 fully saturated rings. The van der Waals surface area contributed by atoms with E-state index in [2.05, 4.69) is 197 Å². The van der Waals surface area contributed by atoms with E-state index in [-0.39, 0.29) is 0 Å². The number of rotatable bonds is 4. The molecule has 0 aliphatic heterocycles. The summed E-state index contributed by atoms with van der Waals surface area (Å²) in [5.74, 6) is 0.306. The van der Waals surface area contributed by atoms with Crippen LogP contribution in [0.3, 0.4) is 0 Å². The van der Waals surface area contributed by atoms with E-state index in [1.165, 1.54) is 27.1 Å². The maximum absolute atomic E-state index is 7.33. The van der Waals surface area contributed by atoms with Crippen LogP contribution in [0.15, 0.2) is 197 Å². The van der Waals surface area contributed by atoms with E-state index in [0.717, 1.165) is 94.9 Å². The van der Waals surface area contributed by atoms with E-state index in [9.17, 15) is 0 Å². The fraction of sp³-hybridized carbons (Fsp3) is 0.0370. The predicted octanol–water partition coefficient (Wildman–Crippen LogP) is 14.9. The number of furan rings is 2. The third-order valence-corrected chi connectivity index (χ3v) is 12.4. The van der Waals surface area contributed by atoms with Crippen LogP contribution < -0.4 is 0 Å². The van der Waals surface area contributed by atoms with Crippen molar-refractivity contribution < 1.29 is 8.83 Å². The summed E-state index contributed by atoms with van der Waals surface area (Å²) in [6.07, 6.45) is 9.84. The van der Waals surface area contributed by atoms with Gasteiger partial charge in [0.05, 0.1) is 33.4 Å². The Morgan fingerprint density at radius 1 is 0.431 bits per heavy atom. The normalized spacial score (nSPS) is 14.5. The van der Waals surface area contributed by atoms with Gasteiger partial charge in [0.2, 0.25) is 0 Å². The maximum atomic E-state index is 7.33. The third-order valence-electron chi connectivity index (χ3n) is 12.4. The summed E-state index contributed by atoms with van der Waals surface area (Å²) in [4.78, 5) is 0. The molecule has 4 nitrogen and oxygen atoms in total. The van der Waals surface area contributed by atoms with Gasteiger partial charge in [0.1, 0.15) is 11.2 Å². The molecule has 8 aromatic carbocycles. The molecule has 4 aromatic heterocycles. The van der Waals surface area contributed by atoms with Crippen molar-refractivity contribution >= 4 is 87.5 Å². The largest absolute Gasteiger partial charge is 0.454 e. The van der Waals surface area contributed by atoms with E-state index in [0.29, 0.717) is 5.92 Å². The maximum Gasteiger partial charge on any atom is 0.159 e. The summed E-state index contributed by atoms with van der Waals surface area (Å²) < 4.78 is 19.2. The summed E-state index contributed by atoms with van der Waals surface area (Å²) in [5, 5.41) is 9.08. The molecule has 1 aliphatic carbocycles. The minimum atomic E-state index is 0.306. The molecule has 0 saturated heterocycles. The second kappa shape index (κ2) is 12.0. The van der Waals surface area contributed by atoms with Crippen LogP contribution in [0.2, 0.25) is 0 Å². The van der Waals surface area contributed by atoms with Crippen molar-refractivity contribution in [2.24, 2.45) is 0 Å². The first-order chi connectivity index (χ1) is 28.8. The first kappa shape index (κ1) is 31.6. The Kier molecular flexibility index (Phi) is 6.53. The number of fused-ring (bicyclic) bond motifs is 12. The minimum absolute atomic E-state index is 0.306. The van der Waals surface area contributed by atoms with E-state index >= 15 is 0 Å². The standard InChI is InChI=1S/C54H34N2O2/c1-2-15-33(16-3-1)34-17-12-18-35(31-34)50-51-41-24-14-30-48(56-45-27-10-6-21-38(45)39-22-7-11-28-46(39)56)53(41)57-49(51)32-42-40-23-13-29-47(52(40)58-54(42)50)55-43-25-8-4-19-36(43)37-20-5-9-26-44(37)55/h1-15,17-33H,16H2. The van der Waals surface area contributed by atoms with Gasteiger partial charge in [-0.25, -0.2) is 0 Å². The van der Waals surface area contributed by atoms with Crippen molar-refractivity contribution in [3.8, 4) is 22.5 Å². The highest BCUT2D eigenvalue weighted by molar-refractivity contribution is 6.25. The molecule has 0 amide bonds. The zero-order valence-electron chi connectivity index (χ0n) is 31.4. The number of allylic oxidation sites excluding steroid dienone is 4. The van der Waals surface area contributed by atoms with E-state index in [1.54, 1.807) is 0 Å². The lowest BCUT2D eigenvalue weighted by Gasteiger charge is -2.15. The average Bonchev–Trinajstić information content (AvgIpc) is 4.04. The lowest BCUT2D eigenvalue weighted by Crippen LogP contribution is -1.96. The zero-order chi connectivity index (χ0) is 37.9. The molecule has 58 heavy (non-hydrogen) atoms. The van der Waals surface area contributed by atoms with Crippen LogP contribution in [0.1, 0.15) is 17.9 Å². The van der Waals surface area contributed by atoms with Crippen molar-refractivity contribution in [1.29, 1.82) is 0 Å². The van der Waals surface area contributed by atoms with Gasteiger partial charge < -0.3 is 18.0 Å². The summed E-state index contributed by atoms with van der Waals surface area (Å²) in [6.45, 7) is 0. The topological polar surface area (TPSA) is 36.1 Å². The van der Waals surface area contributed by atoms with Crippen LogP contribution in [-0.2, 0) is 0 Å². The van der Waals surface area contributed by atoms with Crippen LogP contribution in [0, 0.1) is 0 Å². The SMILES string of the molecule is C1=CCC(c2cccc(-c3c4oc5c(-n6c7ccccc7c7ccccc76)cccc5c4cc4oc5c(-n6c7ccccc7c7ccccc76)cccc5c34)c2)C=C1. The molecule has 4 heteroatoms. The van der Waals surface area contributed by atoms with E-state index in [4.69, 9.17) is 8.83 Å². The molecule has 272 valence electrons. The molecular weight excluding hydrogens is 709 g/mol. The molecular formula is C54H34N2O2. The molecule has 0 N–H and O–H groups in total. The van der Waals surface area contributed by atoms with Crippen LogP contribution in [-0.4, -0.2) is 9.13 Å². The Morgan fingerprint density at radius 3 is 1.55 bits per heavy atom. The molecule has 12 aromatic rings. The first-order valence-electron chi connectivity index (χ1n) is 20.0. The average molecular weight is 743 g/mol. The molecule has 0 spiro atoms. The molecule has 13 rings (SSSR count). The summed E-state index contributed by atoms with van der Waals surface area (Å²) in [6, 6.07) is 58.9. The summed E-state index contributed by atoms with van der Waals surface area (Å²) >= 11 is 0. The number of benzene rings is 8. The number of para-hydroxylation sites is 6. The number of nitrogens with zero attached hydrogens (tertiary/aromatic N) is 2. The van der Waals surface area contributed by atoms with Gasteiger partial charge in [-0.1, -0.05) is 146 Å². The number of aromatic nitrogens is 2. The second-order valence-corrected chi connectivity index (χ2v) is 15.5. The Morgan fingerprint density at radius 2 is 0.966 bits per heavy atom. The molecule has 1 unspecified atom stereocenters. The van der Waals surface area contributed by atoms with Gasteiger partial charge in [0, 0.05) is 54.6 Å². The van der Waals surface area contributed by atoms with Crippen LogP contribution in [0.4, 0.5) is 0 Å². The molecule has 1 atom stereocenters. The molecule has 1 aliphatic rings. The van der Waals surface area contributed by atoms with Crippen LogP contribution >= 0.6 is 0 Å². The highest BCUT2D eigenvalue weighted by Gasteiger charge is 2.26. The Labute approximate surface area is 332 Å². The van der Waals surface area contributed by atoms with Gasteiger partial charge in [-0.3, -0.25) is 0 Å². The van der Waals surface area contributed by atoms with Crippen molar-refractivity contribution in [1.82, 2.24) is 9.13 Å². The molecule has 0 radical (unpaired) electrons. The quantitative estimate of drug-likeness (QED) is 0.180. The van der Waals surface area contributed by atoms with Gasteiger partial charge in [-0.15, -0.1) is 0 Å². The van der Waals surface area contributed by atoms with Gasteiger partial charge in [-0.2, -0.15) is 0 Å². The van der Waals surface area contributed by atoms with Crippen LogP contribution in [0.25, 0.3) is 110 Å². The molecule has 4 heterocycles. The lowest BCUT2D eigenvalue weighted by atomic mass is 9.89. The monoisotopic (exact) mass is 742 g/mol. The van der Waals surface area contributed by atoms with Crippen molar-refractivity contribution in [2.45, 2.75) is 12.3 Å². The molecule has 0 saturated carbocycles. The highest BCUT2D eigenvalue weighted by Crippen LogP contribution is 2.48. The first-order valence-corrected chi connectivity index (χ1v) is 20.0. The van der Waals surface area contributed by atoms with Crippen molar-refractivity contribution in [2.75, 3.05) is 0 Å². The fourth-order valence-electron chi connectivity index (χ4n) is 9.92. The summed E-state index contributed by atoms with van der Waals surface area (Å²) in [5.41, 5.74) is 13.5. The number of hydrogen-bond donors (Lipinski definition) is 0. The minimum Gasteiger partial charge on any atom is -0.454 e. The zero-order valence-corrected chi connectivity index (χ0v) is 31.4. The van der Waals surface area contributed by atoms with Gasteiger partial charge >= 0.3 is 0 Å². The summed E-state index contributed by atoms with van der Waals surface area (Å²) in [7, 11) is 0. The molecule has 0 bridgehead atoms. The lowest BCUT2D eigenvalue weighted by molar-refractivity contribution is 0.662. The van der Waals surface area contributed by atoms with Crippen LogP contribution in [0.5, 0.6) is 0 Å². The van der Waals surface area contributed by atoms with Gasteiger partial charge in [0.15, 0.2) is 11.2 Å². The van der Waals surface area contributed by atoms with Crippen molar-refractivity contribution in [3.63, 3.8) is 0 Å². The Balaban J connectivity index is 1.15. The highest BCUT2D eigenvalue weighted by atomic mass is 16.3. The van der Waals surface area contributed by atoms with E-state index < -0.39 is 0 Å². The second-order valence-electron chi connectivity index (χ2n) is 15.5. The number of hydrogen-bond acceptors (Lipinski definition) is 2. The Bertz CT molecular complexity index is 3500. The third kappa shape index (κ3) is 4.34. The van der Waals surface area contributed by atoms with Gasteiger partial charge in [0.25, 0.3) is 0 Å². The Hall–Kier alpha value is -7.56. The van der Waals surface area contributed by atoms with E-state index in [1.807, 2.05) is 0 Å². The van der Waals surface area contributed by atoms with Gasteiger partial charge in [-0.05, 0) is 60.0 Å².